The zero-order valence-corrected chi connectivity index (χ0v) is 9.16. The molecule has 0 aromatic heterocycles. The summed E-state index contributed by atoms with van der Waals surface area (Å²) in [6.07, 6.45) is 0.646. The number of aliphatic hydroxyl groups excluding tert-OH is 1. The fraction of sp³-hybridized carbons (Fsp3) is 0.500. The van der Waals surface area contributed by atoms with Crippen molar-refractivity contribution < 1.29 is 14.2 Å². The van der Waals surface area contributed by atoms with Crippen molar-refractivity contribution in [1.29, 1.82) is 0 Å². The quantitative estimate of drug-likeness (QED) is 0.812. The van der Waals surface area contributed by atoms with Crippen LogP contribution in [-0.2, 0) is 0 Å². The normalized spacial score (nSPS) is 12.5. The van der Waals surface area contributed by atoms with Gasteiger partial charge in [0.05, 0.1) is 12.7 Å². The third kappa shape index (κ3) is 3.20. The van der Waals surface area contributed by atoms with Crippen LogP contribution in [0.1, 0.15) is 38.4 Å². The van der Waals surface area contributed by atoms with Gasteiger partial charge in [-0.05, 0) is 31.0 Å². The lowest BCUT2D eigenvalue weighted by Gasteiger charge is -2.11. The average molecular weight is 212 g/mol. The van der Waals surface area contributed by atoms with Crippen LogP contribution in [0.4, 0.5) is 4.39 Å². The lowest BCUT2D eigenvalue weighted by atomic mass is 10.1. The van der Waals surface area contributed by atoms with E-state index in [0.29, 0.717) is 24.3 Å². The first kappa shape index (κ1) is 12.0. The highest BCUT2D eigenvalue weighted by atomic mass is 19.1. The summed E-state index contributed by atoms with van der Waals surface area (Å²) in [7, 11) is 0. The Morgan fingerprint density at radius 1 is 1.40 bits per heavy atom. The predicted molar refractivity (Wildman–Crippen MR) is 57.4 cm³/mol. The highest BCUT2D eigenvalue weighted by Gasteiger charge is 2.11. The van der Waals surface area contributed by atoms with E-state index in [1.807, 2.05) is 13.8 Å². The van der Waals surface area contributed by atoms with Crippen molar-refractivity contribution in [1.82, 2.24) is 0 Å². The third-order valence-electron chi connectivity index (χ3n) is 2.19. The summed E-state index contributed by atoms with van der Waals surface area (Å²) in [6.45, 7) is 4.42. The predicted octanol–water partition coefficient (Wildman–Crippen LogP) is 3.06. The van der Waals surface area contributed by atoms with E-state index in [1.54, 1.807) is 12.1 Å². The molecule has 3 heteroatoms. The van der Waals surface area contributed by atoms with Crippen LogP contribution in [0.25, 0.3) is 0 Å². The summed E-state index contributed by atoms with van der Waals surface area (Å²) in [5, 5.41) is 9.56. The first-order valence-electron chi connectivity index (χ1n) is 5.29. The van der Waals surface area contributed by atoms with Crippen LogP contribution < -0.4 is 4.74 Å². The fourth-order valence-electron chi connectivity index (χ4n) is 1.31. The lowest BCUT2D eigenvalue weighted by molar-refractivity contribution is 0.168. The smallest absolute Gasteiger partial charge is 0.129 e. The van der Waals surface area contributed by atoms with Crippen LogP contribution in [0.15, 0.2) is 18.2 Å². The molecule has 0 aliphatic carbocycles. The molecule has 1 unspecified atom stereocenters. The molecule has 15 heavy (non-hydrogen) atoms. The van der Waals surface area contributed by atoms with E-state index in [1.165, 1.54) is 6.07 Å². The number of hydrogen-bond donors (Lipinski definition) is 1. The van der Waals surface area contributed by atoms with E-state index in [0.717, 1.165) is 6.42 Å². The van der Waals surface area contributed by atoms with Crippen LogP contribution in [0.3, 0.4) is 0 Å². The van der Waals surface area contributed by atoms with Gasteiger partial charge in [-0.3, -0.25) is 0 Å². The second-order valence-corrected chi connectivity index (χ2v) is 3.46. The molecule has 0 spiro atoms. The second kappa shape index (κ2) is 5.71. The van der Waals surface area contributed by atoms with Gasteiger partial charge in [-0.2, -0.15) is 0 Å². The van der Waals surface area contributed by atoms with Gasteiger partial charge in [0.2, 0.25) is 0 Å². The van der Waals surface area contributed by atoms with Crippen molar-refractivity contribution in [3.63, 3.8) is 0 Å². The highest BCUT2D eigenvalue weighted by molar-refractivity contribution is 5.31. The van der Waals surface area contributed by atoms with Crippen LogP contribution in [0.5, 0.6) is 5.75 Å². The molecule has 84 valence electrons. The fourth-order valence-corrected chi connectivity index (χ4v) is 1.31. The second-order valence-electron chi connectivity index (χ2n) is 3.46. The molecular weight excluding hydrogens is 195 g/mol. The van der Waals surface area contributed by atoms with Crippen molar-refractivity contribution in [3.8, 4) is 5.75 Å². The molecule has 1 N–H and O–H groups in total. The van der Waals surface area contributed by atoms with E-state index in [9.17, 15) is 9.50 Å². The van der Waals surface area contributed by atoms with Crippen LogP contribution >= 0.6 is 0 Å². The summed E-state index contributed by atoms with van der Waals surface area (Å²) in [6, 6.07) is 4.48. The van der Waals surface area contributed by atoms with Gasteiger partial charge in [-0.1, -0.05) is 13.8 Å². The monoisotopic (exact) mass is 212 g/mol. The molecule has 0 saturated heterocycles. The maximum atomic E-state index is 13.3. The summed E-state index contributed by atoms with van der Waals surface area (Å²) < 4.78 is 18.7. The Hall–Kier alpha value is -1.09. The maximum absolute atomic E-state index is 13.3. The van der Waals surface area contributed by atoms with E-state index < -0.39 is 6.10 Å². The number of rotatable bonds is 5. The molecule has 0 radical (unpaired) electrons. The van der Waals surface area contributed by atoms with E-state index in [4.69, 9.17) is 4.74 Å². The minimum atomic E-state index is -0.754. The Morgan fingerprint density at radius 3 is 2.73 bits per heavy atom. The van der Waals surface area contributed by atoms with Crippen LogP contribution in [0, 0.1) is 5.82 Å². The van der Waals surface area contributed by atoms with Gasteiger partial charge in [-0.25, -0.2) is 4.39 Å². The molecular formula is C12H17FO2. The summed E-state index contributed by atoms with van der Waals surface area (Å²) in [4.78, 5) is 0. The van der Waals surface area contributed by atoms with Gasteiger partial charge >= 0.3 is 0 Å². The molecule has 2 nitrogen and oxygen atoms in total. The zero-order chi connectivity index (χ0) is 11.3. The summed E-state index contributed by atoms with van der Waals surface area (Å²) in [5.41, 5.74) is 0.311. The van der Waals surface area contributed by atoms with Gasteiger partial charge in [0.1, 0.15) is 11.6 Å². The van der Waals surface area contributed by atoms with Crippen molar-refractivity contribution in [2.24, 2.45) is 0 Å². The van der Waals surface area contributed by atoms with Crippen molar-refractivity contribution in [2.75, 3.05) is 6.61 Å². The molecule has 0 fully saturated rings. The third-order valence-corrected chi connectivity index (χ3v) is 2.19. The Labute approximate surface area is 89.7 Å². The molecule has 0 bridgehead atoms. The van der Waals surface area contributed by atoms with Crippen molar-refractivity contribution in [3.05, 3.63) is 29.6 Å². The zero-order valence-electron chi connectivity index (χ0n) is 9.16. The number of ether oxygens (including phenoxy) is 1. The SMILES string of the molecule is CCCOc1ccc(F)c(C(O)CC)c1. The minimum absolute atomic E-state index is 0.311. The topological polar surface area (TPSA) is 29.5 Å². The average Bonchev–Trinajstić information content (AvgIpc) is 2.27. The van der Waals surface area contributed by atoms with Crippen molar-refractivity contribution in [2.45, 2.75) is 32.8 Å². The molecule has 1 rings (SSSR count). The standard InChI is InChI=1S/C12H17FO2/c1-3-7-15-9-5-6-11(13)10(8-9)12(14)4-2/h5-6,8,12,14H,3-4,7H2,1-2H3. The van der Waals surface area contributed by atoms with Gasteiger partial charge in [0, 0.05) is 5.56 Å². The van der Waals surface area contributed by atoms with Gasteiger partial charge < -0.3 is 9.84 Å². The number of benzene rings is 1. The van der Waals surface area contributed by atoms with E-state index in [-0.39, 0.29) is 5.82 Å². The first-order valence-corrected chi connectivity index (χ1v) is 5.29. The molecule has 0 aliphatic rings. The van der Waals surface area contributed by atoms with E-state index >= 15 is 0 Å². The van der Waals surface area contributed by atoms with Crippen LogP contribution in [-0.4, -0.2) is 11.7 Å². The van der Waals surface area contributed by atoms with E-state index in [2.05, 4.69) is 0 Å². The first-order chi connectivity index (χ1) is 7.19. The lowest BCUT2D eigenvalue weighted by Crippen LogP contribution is -2.01. The Kier molecular flexibility index (Phi) is 4.56. The minimum Gasteiger partial charge on any atom is -0.494 e. The molecule has 0 heterocycles. The number of aliphatic hydroxyl groups is 1. The van der Waals surface area contributed by atoms with Gasteiger partial charge in [0.25, 0.3) is 0 Å². The maximum Gasteiger partial charge on any atom is 0.129 e. The number of halogens is 1. The molecule has 1 aromatic rings. The van der Waals surface area contributed by atoms with Gasteiger partial charge in [-0.15, -0.1) is 0 Å². The largest absolute Gasteiger partial charge is 0.494 e. The molecule has 0 amide bonds. The summed E-state index contributed by atoms with van der Waals surface area (Å²) in [5.74, 6) is 0.231. The summed E-state index contributed by atoms with van der Waals surface area (Å²) >= 11 is 0. The van der Waals surface area contributed by atoms with Crippen LogP contribution in [0.2, 0.25) is 0 Å². The number of hydrogen-bond acceptors (Lipinski definition) is 2. The Morgan fingerprint density at radius 2 is 2.13 bits per heavy atom. The molecule has 1 aromatic carbocycles. The van der Waals surface area contributed by atoms with Crippen molar-refractivity contribution >= 4 is 0 Å². The Balaban J connectivity index is 2.84. The highest BCUT2D eigenvalue weighted by Crippen LogP contribution is 2.24. The molecule has 0 aliphatic heterocycles. The Bertz CT molecular complexity index is 312. The molecule has 0 saturated carbocycles. The van der Waals surface area contributed by atoms with Gasteiger partial charge in [0.15, 0.2) is 0 Å². The molecule has 1 atom stereocenters.